The quantitative estimate of drug-likeness (QED) is 0.238. The van der Waals surface area contributed by atoms with Gasteiger partial charge in [-0.25, -0.2) is 0 Å². The Balaban J connectivity index is 1.26. The van der Waals surface area contributed by atoms with Gasteiger partial charge >= 0.3 is 0 Å². The monoisotopic (exact) mass is 562 g/mol. The van der Waals surface area contributed by atoms with Crippen LogP contribution < -0.4 is 10.6 Å². The van der Waals surface area contributed by atoms with E-state index >= 15 is 0 Å². The van der Waals surface area contributed by atoms with E-state index in [4.69, 9.17) is 4.74 Å². The maximum Gasteiger partial charge on any atom is 0.227 e. The number of aryl methyl sites for hydroxylation is 1. The molecule has 0 radical (unpaired) electrons. The molecule has 9 nitrogen and oxygen atoms in total. The van der Waals surface area contributed by atoms with E-state index in [1.165, 1.54) is 0 Å². The minimum atomic E-state index is -1.03. The standard InChI is InChI=1S/C32H42N4O5/c1-41-15-7-14-35-19-25(27-10-5-6-11-29(27)35)20-36(26-12-13-26)32(40)24-16-23(17-33-18-24)31(39)34-28(21-37)30(38)22-8-3-2-4-9-22/h2-6,8-11,19,23-24,26,28,30,33,37-38H,7,12-18,20-21H2,1H3,(H,34,39)/t23-,24+,28+,30+/m0/s1. The Labute approximate surface area is 241 Å². The van der Waals surface area contributed by atoms with Crippen LogP contribution in [0.5, 0.6) is 0 Å². The largest absolute Gasteiger partial charge is 0.394 e. The summed E-state index contributed by atoms with van der Waals surface area (Å²) < 4.78 is 7.50. The molecule has 9 heteroatoms. The summed E-state index contributed by atoms with van der Waals surface area (Å²) in [7, 11) is 1.71. The molecule has 2 heterocycles. The number of aliphatic hydroxyl groups excluding tert-OH is 2. The van der Waals surface area contributed by atoms with Crippen LogP contribution in [0.2, 0.25) is 0 Å². The molecule has 0 spiro atoms. The molecule has 4 atom stereocenters. The molecule has 1 saturated carbocycles. The zero-order chi connectivity index (χ0) is 28.8. The Hall–Kier alpha value is -3.24. The predicted molar refractivity (Wildman–Crippen MR) is 157 cm³/mol. The summed E-state index contributed by atoms with van der Waals surface area (Å²) >= 11 is 0. The Bertz CT molecular complexity index is 1310. The van der Waals surface area contributed by atoms with Gasteiger partial charge in [0, 0.05) is 63.0 Å². The number of hydrogen-bond donors (Lipinski definition) is 4. The van der Waals surface area contributed by atoms with Gasteiger partial charge in [-0.1, -0.05) is 48.5 Å². The fraction of sp³-hybridized carbons (Fsp3) is 0.500. The molecule has 3 aromatic rings. The van der Waals surface area contributed by atoms with Crippen molar-refractivity contribution in [3.05, 3.63) is 71.9 Å². The van der Waals surface area contributed by atoms with Crippen LogP contribution in [0.15, 0.2) is 60.8 Å². The number of aromatic nitrogens is 1. The number of amides is 2. The summed E-state index contributed by atoms with van der Waals surface area (Å²) in [4.78, 5) is 29.2. The highest BCUT2D eigenvalue weighted by molar-refractivity contribution is 5.86. The normalized spacial score (nSPS) is 20.5. The molecule has 5 rings (SSSR count). The summed E-state index contributed by atoms with van der Waals surface area (Å²) in [5, 5.41) is 27.9. The van der Waals surface area contributed by atoms with Gasteiger partial charge in [0.05, 0.1) is 24.5 Å². The Kier molecular flexibility index (Phi) is 9.72. The minimum Gasteiger partial charge on any atom is -0.394 e. The van der Waals surface area contributed by atoms with E-state index < -0.39 is 24.7 Å². The van der Waals surface area contributed by atoms with Crippen LogP contribution in [0, 0.1) is 11.8 Å². The number of para-hydroxylation sites is 1. The maximum atomic E-state index is 13.9. The molecular formula is C32H42N4O5. The van der Waals surface area contributed by atoms with E-state index in [1.807, 2.05) is 23.1 Å². The third kappa shape index (κ3) is 6.98. The molecule has 0 unspecified atom stereocenters. The number of fused-ring (bicyclic) bond motifs is 1. The van der Waals surface area contributed by atoms with Gasteiger partial charge in [-0.3, -0.25) is 9.59 Å². The average Bonchev–Trinajstić information content (AvgIpc) is 3.80. The highest BCUT2D eigenvalue weighted by atomic mass is 16.5. The van der Waals surface area contributed by atoms with Gasteiger partial charge < -0.3 is 35.1 Å². The van der Waals surface area contributed by atoms with Crippen LogP contribution in [0.1, 0.15) is 42.9 Å². The topological polar surface area (TPSA) is 116 Å². The number of rotatable bonds is 13. The molecule has 1 saturated heterocycles. The predicted octanol–water partition coefficient (Wildman–Crippen LogP) is 2.61. The second kappa shape index (κ2) is 13.6. The fourth-order valence-corrected chi connectivity index (χ4v) is 5.94. The van der Waals surface area contributed by atoms with Crippen molar-refractivity contribution >= 4 is 22.7 Å². The number of carbonyl (C=O) groups is 2. The van der Waals surface area contributed by atoms with Crippen molar-refractivity contribution in [2.45, 2.75) is 57.0 Å². The molecule has 0 bridgehead atoms. The summed E-state index contributed by atoms with van der Waals surface area (Å²) in [6, 6.07) is 16.7. The molecule has 41 heavy (non-hydrogen) atoms. The molecule has 2 amide bonds. The zero-order valence-electron chi connectivity index (χ0n) is 23.7. The van der Waals surface area contributed by atoms with Gasteiger partial charge in [-0.15, -0.1) is 0 Å². The number of nitrogens with zero attached hydrogens (tertiary/aromatic N) is 2. The van der Waals surface area contributed by atoms with Gasteiger partial charge in [-0.05, 0) is 42.9 Å². The van der Waals surface area contributed by atoms with E-state index in [0.717, 1.165) is 42.3 Å². The third-order valence-corrected chi connectivity index (χ3v) is 8.35. The van der Waals surface area contributed by atoms with Crippen molar-refractivity contribution in [3.63, 3.8) is 0 Å². The SMILES string of the molecule is COCCCn1cc(CN(C(=O)[C@H]2CNC[C@@H](C(=O)N[C@H](CO)[C@H](O)c3ccccc3)C2)C2CC2)c2ccccc21. The number of hydrogen-bond acceptors (Lipinski definition) is 6. The Morgan fingerprint density at radius 2 is 1.83 bits per heavy atom. The summed E-state index contributed by atoms with van der Waals surface area (Å²) in [5.74, 6) is -0.932. The number of carbonyl (C=O) groups excluding carboxylic acids is 2. The molecule has 2 aromatic carbocycles. The lowest BCUT2D eigenvalue weighted by molar-refractivity contribution is -0.139. The van der Waals surface area contributed by atoms with Crippen molar-refractivity contribution in [2.24, 2.45) is 11.8 Å². The van der Waals surface area contributed by atoms with Crippen LogP contribution in [-0.4, -0.2) is 77.0 Å². The number of aliphatic hydroxyl groups is 2. The Morgan fingerprint density at radius 1 is 1.10 bits per heavy atom. The van der Waals surface area contributed by atoms with Crippen molar-refractivity contribution in [1.82, 2.24) is 20.1 Å². The third-order valence-electron chi connectivity index (χ3n) is 8.35. The van der Waals surface area contributed by atoms with Crippen LogP contribution in [0.4, 0.5) is 0 Å². The van der Waals surface area contributed by atoms with Gasteiger partial charge in [0.1, 0.15) is 6.10 Å². The number of ether oxygens (including phenoxy) is 1. The summed E-state index contributed by atoms with van der Waals surface area (Å²) in [5.41, 5.74) is 2.92. The fourth-order valence-electron chi connectivity index (χ4n) is 5.94. The van der Waals surface area contributed by atoms with Crippen LogP contribution in [0.25, 0.3) is 10.9 Å². The van der Waals surface area contributed by atoms with Gasteiger partial charge in [0.15, 0.2) is 0 Å². The van der Waals surface area contributed by atoms with E-state index in [9.17, 15) is 19.8 Å². The van der Waals surface area contributed by atoms with Crippen molar-refractivity contribution in [2.75, 3.05) is 33.4 Å². The van der Waals surface area contributed by atoms with Crippen LogP contribution in [0.3, 0.4) is 0 Å². The van der Waals surface area contributed by atoms with E-state index in [1.54, 1.807) is 31.4 Å². The first-order valence-corrected chi connectivity index (χ1v) is 14.7. The number of nitrogens with one attached hydrogen (secondary N) is 2. The highest BCUT2D eigenvalue weighted by Crippen LogP contribution is 2.33. The van der Waals surface area contributed by atoms with Gasteiger partial charge in [-0.2, -0.15) is 0 Å². The van der Waals surface area contributed by atoms with E-state index in [-0.39, 0.29) is 23.8 Å². The minimum absolute atomic E-state index is 0.0803. The second-order valence-electron chi connectivity index (χ2n) is 11.3. The van der Waals surface area contributed by atoms with Crippen molar-refractivity contribution in [3.8, 4) is 0 Å². The number of methoxy groups -OCH3 is 1. The lowest BCUT2D eigenvalue weighted by Crippen LogP contribution is -2.52. The van der Waals surface area contributed by atoms with Crippen molar-refractivity contribution in [1.29, 1.82) is 0 Å². The second-order valence-corrected chi connectivity index (χ2v) is 11.3. The molecule has 220 valence electrons. The highest BCUT2D eigenvalue weighted by Gasteiger charge is 2.39. The smallest absolute Gasteiger partial charge is 0.227 e. The average molecular weight is 563 g/mol. The van der Waals surface area contributed by atoms with Gasteiger partial charge in [0.2, 0.25) is 11.8 Å². The molecule has 2 aliphatic rings. The lowest BCUT2D eigenvalue weighted by atomic mass is 9.88. The number of benzene rings is 2. The molecule has 2 fully saturated rings. The number of piperidine rings is 1. The van der Waals surface area contributed by atoms with Crippen LogP contribution >= 0.6 is 0 Å². The first-order chi connectivity index (χ1) is 20.0. The molecular weight excluding hydrogens is 520 g/mol. The molecule has 4 N–H and O–H groups in total. The van der Waals surface area contributed by atoms with Crippen molar-refractivity contribution < 1.29 is 24.5 Å². The maximum absolute atomic E-state index is 13.9. The zero-order valence-corrected chi connectivity index (χ0v) is 23.7. The molecule has 1 aromatic heterocycles. The van der Waals surface area contributed by atoms with Crippen LogP contribution in [-0.2, 0) is 27.4 Å². The van der Waals surface area contributed by atoms with E-state index in [0.29, 0.717) is 38.2 Å². The van der Waals surface area contributed by atoms with E-state index in [2.05, 4.69) is 33.5 Å². The first kappa shape index (κ1) is 29.3. The summed E-state index contributed by atoms with van der Waals surface area (Å²) in [6.07, 6.45) is 4.48. The lowest BCUT2D eigenvalue weighted by Gasteiger charge is -2.34. The summed E-state index contributed by atoms with van der Waals surface area (Å²) in [6.45, 7) is 2.68. The first-order valence-electron chi connectivity index (χ1n) is 14.7. The molecule has 1 aliphatic heterocycles. The van der Waals surface area contributed by atoms with Gasteiger partial charge in [0.25, 0.3) is 0 Å². The Morgan fingerprint density at radius 3 is 2.56 bits per heavy atom. The molecule has 1 aliphatic carbocycles.